The van der Waals surface area contributed by atoms with Crippen molar-refractivity contribution in [2.75, 3.05) is 11.9 Å². The van der Waals surface area contributed by atoms with Crippen LogP contribution in [-0.4, -0.2) is 34.4 Å². The fourth-order valence-electron chi connectivity index (χ4n) is 3.32. The summed E-state index contributed by atoms with van der Waals surface area (Å²) in [5.74, 6) is -0.789. The summed E-state index contributed by atoms with van der Waals surface area (Å²) in [5.41, 5.74) is 3.67. The van der Waals surface area contributed by atoms with Crippen molar-refractivity contribution >= 4 is 29.0 Å². The van der Waals surface area contributed by atoms with Crippen LogP contribution in [0.3, 0.4) is 0 Å². The summed E-state index contributed by atoms with van der Waals surface area (Å²) in [6.07, 6.45) is 6.33. The number of pyridine rings is 1. The third-order valence-electron chi connectivity index (χ3n) is 4.45. The Labute approximate surface area is 149 Å². The smallest absolute Gasteiger partial charge is 0.228 e. The van der Waals surface area contributed by atoms with Crippen LogP contribution < -0.4 is 10.6 Å². The molecule has 132 valence electrons. The van der Waals surface area contributed by atoms with E-state index in [4.69, 9.17) is 0 Å². The topological polar surface area (TPSA) is 86.9 Å². The molecule has 1 aliphatic heterocycles. The minimum Gasteiger partial charge on any atom is -0.357 e. The number of hydrogen-bond acceptors (Lipinski definition) is 4. The quantitative estimate of drug-likeness (QED) is 0.792. The first kappa shape index (κ1) is 16.4. The van der Waals surface area contributed by atoms with Gasteiger partial charge >= 0.3 is 0 Å². The number of aromatic nitrogens is 2. The molecule has 3 heterocycles. The van der Waals surface area contributed by atoms with Crippen LogP contribution in [0.5, 0.6) is 0 Å². The number of nitrogens with one attached hydrogen (secondary N) is 3. The summed E-state index contributed by atoms with van der Waals surface area (Å²) < 4.78 is 13.9. The van der Waals surface area contributed by atoms with E-state index in [9.17, 15) is 14.0 Å². The Kier molecular flexibility index (Phi) is 4.22. The van der Waals surface area contributed by atoms with Crippen molar-refractivity contribution in [3.05, 3.63) is 59.2 Å². The van der Waals surface area contributed by atoms with Gasteiger partial charge in [0.2, 0.25) is 11.7 Å². The lowest BCUT2D eigenvalue weighted by Gasteiger charge is -2.13. The molecule has 0 saturated carbocycles. The number of carbonyl (C=O) groups is 2. The second-order valence-corrected chi connectivity index (χ2v) is 6.22. The lowest BCUT2D eigenvalue weighted by molar-refractivity contribution is -0.115. The van der Waals surface area contributed by atoms with Gasteiger partial charge in [-0.2, -0.15) is 0 Å². The summed E-state index contributed by atoms with van der Waals surface area (Å²) in [7, 11) is 0. The standard InChI is InChI=1S/C19H17FN4O2/c20-13-3-4-14-18(19(13)26)17-11(5-7-22-10-15(17)24-14)8-16(25)23-12-2-1-6-21-9-12/h1-6,9,13,22,24H,7-8,10H2,(H,23,25). The second-order valence-electron chi connectivity index (χ2n) is 6.22. The van der Waals surface area contributed by atoms with Gasteiger partial charge in [-0.15, -0.1) is 0 Å². The monoisotopic (exact) mass is 352 g/mol. The van der Waals surface area contributed by atoms with Gasteiger partial charge in [0.05, 0.1) is 23.9 Å². The highest BCUT2D eigenvalue weighted by Gasteiger charge is 2.32. The van der Waals surface area contributed by atoms with Crippen LogP contribution in [0.1, 0.15) is 33.7 Å². The summed E-state index contributed by atoms with van der Waals surface area (Å²) in [4.78, 5) is 32.0. The lowest BCUT2D eigenvalue weighted by atomic mass is 9.91. The Morgan fingerprint density at radius 3 is 3.08 bits per heavy atom. The number of nitrogens with zero attached hydrogens (tertiary/aromatic N) is 1. The van der Waals surface area contributed by atoms with Crippen molar-refractivity contribution in [2.45, 2.75) is 19.1 Å². The number of aromatic amines is 1. The van der Waals surface area contributed by atoms with Crippen molar-refractivity contribution in [1.29, 1.82) is 0 Å². The van der Waals surface area contributed by atoms with E-state index in [1.807, 2.05) is 6.08 Å². The fraction of sp³-hybridized carbons (Fsp3) is 0.211. The number of hydrogen-bond donors (Lipinski definition) is 3. The minimum absolute atomic E-state index is 0.0851. The van der Waals surface area contributed by atoms with Crippen molar-refractivity contribution in [3.8, 4) is 0 Å². The fourth-order valence-corrected chi connectivity index (χ4v) is 3.32. The van der Waals surface area contributed by atoms with Crippen molar-refractivity contribution < 1.29 is 14.0 Å². The Bertz CT molecular complexity index is 931. The molecule has 1 unspecified atom stereocenters. The van der Waals surface area contributed by atoms with Gasteiger partial charge in [0.1, 0.15) is 0 Å². The Balaban J connectivity index is 1.66. The van der Waals surface area contributed by atoms with E-state index in [0.29, 0.717) is 41.2 Å². The number of fused-ring (bicyclic) bond motifs is 3. The molecule has 3 N–H and O–H groups in total. The molecule has 7 heteroatoms. The Morgan fingerprint density at radius 1 is 1.38 bits per heavy atom. The molecule has 0 fully saturated rings. The van der Waals surface area contributed by atoms with E-state index in [0.717, 1.165) is 5.69 Å². The van der Waals surface area contributed by atoms with Crippen LogP contribution >= 0.6 is 0 Å². The summed E-state index contributed by atoms with van der Waals surface area (Å²) in [6.45, 7) is 1.08. The molecule has 4 rings (SSSR count). The number of allylic oxidation sites excluding steroid dienone is 1. The molecule has 0 bridgehead atoms. The second kappa shape index (κ2) is 6.68. The number of rotatable bonds is 3. The van der Waals surface area contributed by atoms with Gasteiger partial charge in [0.25, 0.3) is 0 Å². The summed E-state index contributed by atoms with van der Waals surface area (Å²) in [5, 5.41) is 6.00. The maximum Gasteiger partial charge on any atom is 0.228 e. The predicted molar refractivity (Wildman–Crippen MR) is 96.2 cm³/mol. The first-order valence-corrected chi connectivity index (χ1v) is 8.35. The van der Waals surface area contributed by atoms with Crippen LogP contribution in [0, 0.1) is 0 Å². The average molecular weight is 352 g/mol. The van der Waals surface area contributed by atoms with Gasteiger partial charge in [-0.25, -0.2) is 4.39 Å². The highest BCUT2D eigenvalue weighted by Crippen LogP contribution is 2.34. The molecule has 2 aromatic rings. The number of carbonyl (C=O) groups excluding carboxylic acids is 2. The highest BCUT2D eigenvalue weighted by molar-refractivity contribution is 6.11. The molecule has 0 spiro atoms. The van der Waals surface area contributed by atoms with Crippen molar-refractivity contribution in [1.82, 2.24) is 15.3 Å². The SMILES string of the molecule is O=C(CC1=CCNCc2[nH]c3c(c21)C(=O)C(F)C=C3)Nc1cccnc1. The third-order valence-corrected chi connectivity index (χ3v) is 4.45. The van der Waals surface area contributed by atoms with Crippen LogP contribution in [0.15, 0.2) is 36.7 Å². The van der Waals surface area contributed by atoms with Crippen molar-refractivity contribution in [3.63, 3.8) is 0 Å². The molecule has 6 nitrogen and oxygen atoms in total. The van der Waals surface area contributed by atoms with E-state index in [-0.39, 0.29) is 12.3 Å². The maximum atomic E-state index is 13.9. The van der Waals surface area contributed by atoms with Crippen LogP contribution in [0.25, 0.3) is 11.6 Å². The molecule has 1 aliphatic carbocycles. The zero-order valence-electron chi connectivity index (χ0n) is 13.9. The normalized spacial score (nSPS) is 18.6. The van der Waals surface area contributed by atoms with Crippen LogP contribution in [0.2, 0.25) is 0 Å². The molecule has 2 aliphatic rings. The third kappa shape index (κ3) is 2.97. The Morgan fingerprint density at radius 2 is 2.27 bits per heavy atom. The van der Waals surface area contributed by atoms with Gasteiger partial charge in [-0.05, 0) is 29.9 Å². The highest BCUT2D eigenvalue weighted by atomic mass is 19.1. The molecule has 1 atom stereocenters. The number of anilines is 1. The van der Waals surface area contributed by atoms with E-state index >= 15 is 0 Å². The van der Waals surface area contributed by atoms with E-state index < -0.39 is 12.0 Å². The number of ketones is 1. The first-order valence-electron chi connectivity index (χ1n) is 8.35. The molecule has 26 heavy (non-hydrogen) atoms. The van der Waals surface area contributed by atoms with Crippen LogP contribution in [0.4, 0.5) is 10.1 Å². The molecule has 0 aromatic carbocycles. The molecule has 2 aromatic heterocycles. The van der Waals surface area contributed by atoms with Gasteiger partial charge in [0, 0.05) is 36.2 Å². The van der Waals surface area contributed by atoms with Gasteiger partial charge in [0.15, 0.2) is 6.17 Å². The van der Waals surface area contributed by atoms with E-state index in [2.05, 4.69) is 20.6 Å². The van der Waals surface area contributed by atoms with Gasteiger partial charge in [-0.3, -0.25) is 14.6 Å². The number of amides is 1. The molecular formula is C19H17FN4O2. The summed E-state index contributed by atoms with van der Waals surface area (Å²) in [6, 6.07) is 3.48. The minimum atomic E-state index is -1.65. The average Bonchev–Trinajstić information content (AvgIpc) is 2.90. The zero-order valence-corrected chi connectivity index (χ0v) is 13.9. The van der Waals surface area contributed by atoms with Crippen molar-refractivity contribution in [2.24, 2.45) is 0 Å². The van der Waals surface area contributed by atoms with Gasteiger partial charge in [-0.1, -0.05) is 6.08 Å². The maximum absolute atomic E-state index is 13.9. The van der Waals surface area contributed by atoms with Gasteiger partial charge < -0.3 is 15.6 Å². The predicted octanol–water partition coefficient (Wildman–Crippen LogP) is 2.47. The van der Waals surface area contributed by atoms with E-state index in [1.54, 1.807) is 30.6 Å². The molecule has 0 saturated heterocycles. The Hall–Kier alpha value is -3.06. The largest absolute Gasteiger partial charge is 0.357 e. The van der Waals surface area contributed by atoms with Crippen LogP contribution in [-0.2, 0) is 11.3 Å². The number of H-pyrrole nitrogens is 1. The first-order chi connectivity index (χ1) is 12.6. The number of alkyl halides is 1. The molecule has 0 radical (unpaired) electrons. The lowest BCUT2D eigenvalue weighted by Crippen LogP contribution is -2.19. The number of Topliss-reactive ketones (excluding diaryl/α,β-unsaturated/α-hetero) is 1. The zero-order chi connectivity index (χ0) is 18.1. The molecular weight excluding hydrogens is 335 g/mol. The van der Waals surface area contributed by atoms with E-state index in [1.165, 1.54) is 6.08 Å². The molecule has 1 amide bonds. The summed E-state index contributed by atoms with van der Waals surface area (Å²) >= 11 is 0. The number of halogens is 1.